The number of carbonyl (C=O) groups excluding carboxylic acids is 2. The molecule has 168 valence electrons. The van der Waals surface area contributed by atoms with Crippen LogP contribution in [0.25, 0.3) is 0 Å². The van der Waals surface area contributed by atoms with Gasteiger partial charge in [-0.1, -0.05) is 81.8 Å². The normalized spacial score (nSPS) is 12.3. The molecule has 2 rings (SSSR count). The smallest absolute Gasteiger partial charge is 0.242 e. The summed E-state index contributed by atoms with van der Waals surface area (Å²) in [7, 11) is 0. The molecular weight excluding hydrogens is 384 g/mol. The van der Waals surface area contributed by atoms with E-state index in [1.807, 2.05) is 45.0 Å². The van der Waals surface area contributed by atoms with Crippen molar-refractivity contribution < 1.29 is 9.59 Å². The Morgan fingerprint density at radius 1 is 0.968 bits per heavy atom. The second-order valence-electron chi connectivity index (χ2n) is 9.42. The average molecular weight is 423 g/mol. The highest BCUT2D eigenvalue weighted by Gasteiger charge is 2.25. The van der Waals surface area contributed by atoms with Gasteiger partial charge in [0, 0.05) is 19.5 Å². The van der Waals surface area contributed by atoms with E-state index in [1.165, 1.54) is 11.1 Å². The van der Waals surface area contributed by atoms with Crippen molar-refractivity contribution in [1.82, 2.24) is 10.2 Å². The Kier molecular flexibility index (Phi) is 8.85. The van der Waals surface area contributed by atoms with E-state index in [0.717, 1.165) is 17.5 Å². The number of aryl methyl sites for hydroxylation is 2. The van der Waals surface area contributed by atoms with E-state index in [-0.39, 0.29) is 17.2 Å². The monoisotopic (exact) mass is 422 g/mol. The molecule has 0 aliphatic rings. The van der Waals surface area contributed by atoms with E-state index in [4.69, 9.17) is 0 Å². The van der Waals surface area contributed by atoms with Crippen molar-refractivity contribution in [3.63, 3.8) is 0 Å². The minimum Gasteiger partial charge on any atom is -0.354 e. The Bertz CT molecular complexity index is 848. The van der Waals surface area contributed by atoms with E-state index in [1.54, 1.807) is 4.90 Å². The maximum Gasteiger partial charge on any atom is 0.242 e. The highest BCUT2D eigenvalue weighted by Crippen LogP contribution is 2.22. The molecule has 4 heteroatoms. The molecule has 4 nitrogen and oxygen atoms in total. The zero-order valence-electron chi connectivity index (χ0n) is 20.0. The van der Waals surface area contributed by atoms with Gasteiger partial charge < -0.3 is 10.2 Å². The van der Waals surface area contributed by atoms with Crippen LogP contribution < -0.4 is 5.32 Å². The maximum absolute atomic E-state index is 13.2. The molecule has 0 spiro atoms. The topological polar surface area (TPSA) is 49.4 Å². The van der Waals surface area contributed by atoms with Crippen LogP contribution in [0, 0.1) is 6.92 Å². The molecule has 0 bridgehead atoms. The molecule has 0 aliphatic heterocycles. The summed E-state index contributed by atoms with van der Waals surface area (Å²) in [5, 5.41) is 2.92. The molecule has 2 aromatic rings. The standard InChI is InChI=1S/C27H38N2O2/c1-7-18-28-26(31)21(3)29(19-23-10-8-20(2)9-11-23)25(30)17-14-22-12-15-24(16-13-22)27(4,5)6/h8-13,15-16,21H,7,14,17-19H2,1-6H3,(H,28,31)/t21-/m0/s1. The van der Waals surface area contributed by atoms with Crippen molar-refractivity contribution in [2.75, 3.05) is 6.54 Å². The van der Waals surface area contributed by atoms with Crippen LogP contribution in [0.15, 0.2) is 48.5 Å². The first-order valence-corrected chi connectivity index (χ1v) is 11.3. The first kappa shape index (κ1) is 24.6. The van der Waals surface area contributed by atoms with Crippen LogP contribution in [-0.2, 0) is 28.0 Å². The lowest BCUT2D eigenvalue weighted by Gasteiger charge is -2.29. The Morgan fingerprint density at radius 3 is 2.10 bits per heavy atom. The summed E-state index contributed by atoms with van der Waals surface area (Å²) in [4.78, 5) is 27.5. The van der Waals surface area contributed by atoms with Gasteiger partial charge in [0.05, 0.1) is 0 Å². The highest BCUT2D eigenvalue weighted by atomic mass is 16.2. The van der Waals surface area contributed by atoms with Gasteiger partial charge in [0.15, 0.2) is 0 Å². The Balaban J connectivity index is 2.10. The van der Waals surface area contributed by atoms with Gasteiger partial charge in [0.2, 0.25) is 11.8 Å². The minimum atomic E-state index is -0.511. The van der Waals surface area contributed by atoms with Crippen molar-refractivity contribution in [1.29, 1.82) is 0 Å². The summed E-state index contributed by atoms with van der Waals surface area (Å²) >= 11 is 0. The molecule has 1 atom stereocenters. The quantitative estimate of drug-likeness (QED) is 0.606. The zero-order chi connectivity index (χ0) is 23.0. The van der Waals surface area contributed by atoms with Crippen LogP contribution in [0.1, 0.15) is 69.7 Å². The SMILES string of the molecule is CCCNC(=O)[C@H](C)N(Cc1ccc(C)cc1)C(=O)CCc1ccc(C(C)(C)C)cc1. The third kappa shape index (κ3) is 7.54. The first-order chi connectivity index (χ1) is 14.6. The Labute approximate surface area is 188 Å². The molecule has 0 radical (unpaired) electrons. The number of amides is 2. The predicted molar refractivity (Wildman–Crippen MR) is 128 cm³/mol. The average Bonchev–Trinajstić information content (AvgIpc) is 2.74. The fourth-order valence-corrected chi connectivity index (χ4v) is 3.44. The summed E-state index contributed by atoms with van der Waals surface area (Å²) in [6.45, 7) is 13.5. The number of hydrogen-bond acceptors (Lipinski definition) is 2. The second-order valence-corrected chi connectivity index (χ2v) is 9.42. The van der Waals surface area contributed by atoms with Gasteiger partial charge in [0.25, 0.3) is 0 Å². The predicted octanol–water partition coefficient (Wildman–Crippen LogP) is 5.17. The Hall–Kier alpha value is -2.62. The van der Waals surface area contributed by atoms with Gasteiger partial charge in [-0.3, -0.25) is 9.59 Å². The van der Waals surface area contributed by atoms with Gasteiger partial charge in [-0.2, -0.15) is 0 Å². The van der Waals surface area contributed by atoms with Crippen LogP contribution in [0.4, 0.5) is 0 Å². The summed E-state index contributed by atoms with van der Waals surface area (Å²) in [5.74, 6) is -0.100. The van der Waals surface area contributed by atoms with Gasteiger partial charge >= 0.3 is 0 Å². The van der Waals surface area contributed by atoms with Gasteiger partial charge in [-0.05, 0) is 48.8 Å². The zero-order valence-corrected chi connectivity index (χ0v) is 20.0. The van der Waals surface area contributed by atoms with Crippen LogP contribution in [0.3, 0.4) is 0 Å². The lowest BCUT2D eigenvalue weighted by Crippen LogP contribution is -2.47. The maximum atomic E-state index is 13.2. The molecule has 0 saturated heterocycles. The lowest BCUT2D eigenvalue weighted by atomic mass is 9.86. The summed E-state index contributed by atoms with van der Waals surface area (Å²) in [6, 6.07) is 16.1. The molecular formula is C27H38N2O2. The fraction of sp³-hybridized carbons (Fsp3) is 0.481. The van der Waals surface area contributed by atoms with Crippen molar-refractivity contribution in [2.45, 2.75) is 78.8 Å². The molecule has 2 aromatic carbocycles. The molecule has 31 heavy (non-hydrogen) atoms. The van der Waals surface area contributed by atoms with E-state index in [9.17, 15) is 9.59 Å². The van der Waals surface area contributed by atoms with Gasteiger partial charge in [-0.15, -0.1) is 0 Å². The van der Waals surface area contributed by atoms with Crippen LogP contribution >= 0.6 is 0 Å². The van der Waals surface area contributed by atoms with Gasteiger partial charge in [-0.25, -0.2) is 0 Å². The second kappa shape index (κ2) is 11.1. The molecule has 0 heterocycles. The minimum absolute atomic E-state index is 0.000351. The number of carbonyl (C=O) groups is 2. The summed E-state index contributed by atoms with van der Waals surface area (Å²) in [5.41, 5.74) is 4.74. The van der Waals surface area contributed by atoms with Crippen LogP contribution in [-0.4, -0.2) is 29.3 Å². The molecule has 0 unspecified atom stereocenters. The molecule has 0 aromatic heterocycles. The molecule has 2 amide bonds. The largest absolute Gasteiger partial charge is 0.354 e. The fourth-order valence-electron chi connectivity index (χ4n) is 3.44. The molecule has 1 N–H and O–H groups in total. The third-order valence-electron chi connectivity index (χ3n) is 5.64. The number of benzene rings is 2. The number of nitrogens with one attached hydrogen (secondary N) is 1. The van der Waals surface area contributed by atoms with E-state index in [0.29, 0.717) is 25.9 Å². The number of rotatable bonds is 9. The highest BCUT2D eigenvalue weighted by molar-refractivity contribution is 5.87. The molecule has 0 fully saturated rings. The van der Waals surface area contributed by atoms with E-state index >= 15 is 0 Å². The van der Waals surface area contributed by atoms with Crippen molar-refractivity contribution >= 4 is 11.8 Å². The molecule has 0 aliphatic carbocycles. The van der Waals surface area contributed by atoms with Crippen molar-refractivity contribution in [3.8, 4) is 0 Å². The van der Waals surface area contributed by atoms with Crippen molar-refractivity contribution in [3.05, 3.63) is 70.8 Å². The molecule has 0 saturated carbocycles. The Morgan fingerprint density at radius 2 is 1.55 bits per heavy atom. The number of nitrogens with zero attached hydrogens (tertiary/aromatic N) is 1. The van der Waals surface area contributed by atoms with Crippen LogP contribution in [0.5, 0.6) is 0 Å². The van der Waals surface area contributed by atoms with Crippen molar-refractivity contribution in [2.24, 2.45) is 0 Å². The lowest BCUT2D eigenvalue weighted by molar-refractivity contribution is -0.140. The third-order valence-corrected chi connectivity index (χ3v) is 5.64. The van der Waals surface area contributed by atoms with Gasteiger partial charge in [0.1, 0.15) is 6.04 Å². The van der Waals surface area contributed by atoms with Crippen LogP contribution in [0.2, 0.25) is 0 Å². The van der Waals surface area contributed by atoms with E-state index in [2.05, 4.69) is 50.4 Å². The summed E-state index contributed by atoms with van der Waals surface area (Å²) < 4.78 is 0. The first-order valence-electron chi connectivity index (χ1n) is 11.3. The van der Waals surface area contributed by atoms with E-state index < -0.39 is 6.04 Å². The summed E-state index contributed by atoms with van der Waals surface area (Å²) in [6.07, 6.45) is 1.91. The number of hydrogen-bond donors (Lipinski definition) is 1.